The average molecular weight is 281 g/mol. The molecule has 0 amide bonds. The van der Waals surface area contributed by atoms with Gasteiger partial charge in [-0.05, 0) is 49.4 Å². The SMILES string of the molecule is Cc1cccc(Nc2ncnc3sc4c(c23)CCC4)c1. The normalized spacial score (nSPS) is 13.7. The summed E-state index contributed by atoms with van der Waals surface area (Å²) in [6.07, 6.45) is 5.27. The first-order valence-electron chi connectivity index (χ1n) is 6.90. The molecular formula is C16H15N3S. The summed E-state index contributed by atoms with van der Waals surface area (Å²) in [5.41, 5.74) is 3.79. The molecule has 0 saturated carbocycles. The van der Waals surface area contributed by atoms with Crippen LogP contribution in [0.15, 0.2) is 30.6 Å². The fraction of sp³-hybridized carbons (Fsp3) is 0.250. The van der Waals surface area contributed by atoms with Gasteiger partial charge in [0.05, 0.1) is 5.39 Å². The Labute approximate surface area is 121 Å². The highest BCUT2D eigenvalue weighted by Crippen LogP contribution is 2.39. The number of aromatic nitrogens is 2. The molecule has 3 aromatic rings. The van der Waals surface area contributed by atoms with Crippen molar-refractivity contribution in [3.05, 3.63) is 46.6 Å². The second-order valence-corrected chi connectivity index (χ2v) is 6.34. The number of aryl methyl sites for hydroxylation is 3. The third kappa shape index (κ3) is 1.88. The van der Waals surface area contributed by atoms with Gasteiger partial charge < -0.3 is 5.32 Å². The van der Waals surface area contributed by atoms with Crippen LogP contribution in [0, 0.1) is 6.92 Å². The van der Waals surface area contributed by atoms with Gasteiger partial charge in [-0.3, -0.25) is 0 Å². The van der Waals surface area contributed by atoms with Crippen LogP contribution >= 0.6 is 11.3 Å². The van der Waals surface area contributed by atoms with E-state index in [-0.39, 0.29) is 0 Å². The minimum Gasteiger partial charge on any atom is -0.340 e. The van der Waals surface area contributed by atoms with Crippen LogP contribution < -0.4 is 5.32 Å². The van der Waals surface area contributed by atoms with E-state index in [4.69, 9.17) is 0 Å². The summed E-state index contributed by atoms with van der Waals surface area (Å²) in [5.74, 6) is 0.944. The molecule has 1 N–H and O–H groups in total. The minimum atomic E-state index is 0.944. The van der Waals surface area contributed by atoms with Gasteiger partial charge in [0.1, 0.15) is 17.0 Å². The summed E-state index contributed by atoms with van der Waals surface area (Å²) < 4.78 is 0. The van der Waals surface area contributed by atoms with Crippen molar-refractivity contribution in [1.82, 2.24) is 9.97 Å². The lowest BCUT2D eigenvalue weighted by Gasteiger charge is -2.08. The molecule has 0 spiro atoms. The highest BCUT2D eigenvalue weighted by molar-refractivity contribution is 7.19. The maximum absolute atomic E-state index is 4.47. The molecule has 4 heteroatoms. The molecule has 1 aliphatic carbocycles. The van der Waals surface area contributed by atoms with Gasteiger partial charge in [0, 0.05) is 10.6 Å². The number of rotatable bonds is 2. The summed E-state index contributed by atoms with van der Waals surface area (Å²) in [7, 11) is 0. The van der Waals surface area contributed by atoms with Crippen LogP contribution in [0.1, 0.15) is 22.4 Å². The van der Waals surface area contributed by atoms with Crippen molar-refractivity contribution in [3.63, 3.8) is 0 Å². The molecule has 0 fully saturated rings. The van der Waals surface area contributed by atoms with Gasteiger partial charge in [-0.25, -0.2) is 9.97 Å². The number of nitrogens with one attached hydrogen (secondary N) is 1. The van der Waals surface area contributed by atoms with Crippen LogP contribution in [0.3, 0.4) is 0 Å². The third-order valence-corrected chi connectivity index (χ3v) is 4.98. The van der Waals surface area contributed by atoms with Crippen molar-refractivity contribution >= 4 is 33.1 Å². The molecule has 0 unspecified atom stereocenters. The van der Waals surface area contributed by atoms with E-state index < -0.39 is 0 Å². The minimum absolute atomic E-state index is 0.944. The number of nitrogens with zero attached hydrogens (tertiary/aromatic N) is 2. The number of hydrogen-bond donors (Lipinski definition) is 1. The quantitative estimate of drug-likeness (QED) is 0.763. The summed E-state index contributed by atoms with van der Waals surface area (Å²) >= 11 is 1.82. The lowest BCUT2D eigenvalue weighted by molar-refractivity contribution is 0.917. The first-order valence-corrected chi connectivity index (χ1v) is 7.72. The zero-order valence-electron chi connectivity index (χ0n) is 11.3. The Morgan fingerprint density at radius 3 is 3.05 bits per heavy atom. The molecule has 0 bridgehead atoms. The Morgan fingerprint density at radius 1 is 1.20 bits per heavy atom. The number of anilines is 2. The van der Waals surface area contributed by atoms with Crippen molar-refractivity contribution in [2.75, 3.05) is 5.32 Å². The molecule has 2 heterocycles. The standard InChI is InChI=1S/C16H15N3S/c1-10-4-2-5-11(8-10)19-15-14-12-6-3-7-13(12)20-16(14)18-9-17-15/h2,4-5,8-9H,3,6-7H2,1H3,(H,17,18,19). The fourth-order valence-corrected chi connectivity index (χ4v) is 4.11. The van der Waals surface area contributed by atoms with Gasteiger partial charge in [-0.2, -0.15) is 0 Å². The second-order valence-electron chi connectivity index (χ2n) is 5.25. The summed E-state index contributed by atoms with van der Waals surface area (Å²) in [5, 5.41) is 4.69. The van der Waals surface area contributed by atoms with E-state index in [1.165, 1.54) is 34.2 Å². The van der Waals surface area contributed by atoms with Crippen molar-refractivity contribution in [2.24, 2.45) is 0 Å². The number of hydrogen-bond acceptors (Lipinski definition) is 4. The largest absolute Gasteiger partial charge is 0.340 e. The van der Waals surface area contributed by atoms with E-state index in [2.05, 4.69) is 46.5 Å². The summed E-state index contributed by atoms with van der Waals surface area (Å²) in [4.78, 5) is 11.5. The van der Waals surface area contributed by atoms with Crippen molar-refractivity contribution in [2.45, 2.75) is 26.2 Å². The summed E-state index contributed by atoms with van der Waals surface area (Å²) in [6, 6.07) is 8.38. The van der Waals surface area contributed by atoms with Crippen molar-refractivity contribution in [3.8, 4) is 0 Å². The van der Waals surface area contributed by atoms with Crippen LogP contribution in [-0.4, -0.2) is 9.97 Å². The van der Waals surface area contributed by atoms with Crippen LogP contribution in [0.25, 0.3) is 10.2 Å². The molecule has 0 saturated heterocycles. The van der Waals surface area contributed by atoms with Gasteiger partial charge >= 0.3 is 0 Å². The number of benzene rings is 1. The van der Waals surface area contributed by atoms with Crippen molar-refractivity contribution < 1.29 is 0 Å². The topological polar surface area (TPSA) is 37.8 Å². The molecule has 1 aromatic carbocycles. The molecular weight excluding hydrogens is 266 g/mol. The predicted molar refractivity (Wildman–Crippen MR) is 83.9 cm³/mol. The Kier molecular flexibility index (Phi) is 2.70. The fourth-order valence-electron chi connectivity index (χ4n) is 2.88. The molecule has 0 aliphatic heterocycles. The van der Waals surface area contributed by atoms with Crippen LogP contribution in [0.4, 0.5) is 11.5 Å². The number of thiophene rings is 1. The maximum Gasteiger partial charge on any atom is 0.142 e. The Morgan fingerprint density at radius 2 is 2.15 bits per heavy atom. The van der Waals surface area contributed by atoms with Gasteiger partial charge in [-0.15, -0.1) is 11.3 Å². The zero-order valence-corrected chi connectivity index (χ0v) is 12.1. The van der Waals surface area contributed by atoms with Gasteiger partial charge in [0.2, 0.25) is 0 Å². The monoisotopic (exact) mass is 281 g/mol. The highest BCUT2D eigenvalue weighted by atomic mass is 32.1. The predicted octanol–water partition coefficient (Wildman–Crippen LogP) is 4.23. The molecule has 20 heavy (non-hydrogen) atoms. The third-order valence-electron chi connectivity index (χ3n) is 3.78. The van der Waals surface area contributed by atoms with Gasteiger partial charge in [0.25, 0.3) is 0 Å². The van der Waals surface area contributed by atoms with Crippen molar-refractivity contribution in [1.29, 1.82) is 0 Å². The molecule has 4 rings (SSSR count). The Bertz CT molecular complexity index is 792. The first-order chi connectivity index (χ1) is 9.81. The molecule has 0 radical (unpaired) electrons. The van der Waals surface area contributed by atoms with Gasteiger partial charge in [0.15, 0.2) is 0 Å². The van der Waals surface area contributed by atoms with Crippen LogP contribution in [0.2, 0.25) is 0 Å². The lowest BCUT2D eigenvalue weighted by atomic mass is 10.2. The van der Waals surface area contributed by atoms with E-state index >= 15 is 0 Å². The summed E-state index contributed by atoms with van der Waals surface area (Å²) in [6.45, 7) is 2.10. The van der Waals surface area contributed by atoms with E-state index in [0.29, 0.717) is 0 Å². The van der Waals surface area contributed by atoms with Gasteiger partial charge in [-0.1, -0.05) is 12.1 Å². The highest BCUT2D eigenvalue weighted by Gasteiger charge is 2.21. The Hall–Kier alpha value is -1.94. The van der Waals surface area contributed by atoms with Crippen LogP contribution in [0.5, 0.6) is 0 Å². The lowest BCUT2D eigenvalue weighted by Crippen LogP contribution is -1.96. The molecule has 3 nitrogen and oxygen atoms in total. The smallest absolute Gasteiger partial charge is 0.142 e. The second kappa shape index (κ2) is 4.56. The molecule has 2 aromatic heterocycles. The molecule has 0 atom stereocenters. The first kappa shape index (κ1) is 11.9. The molecule has 100 valence electrons. The Balaban J connectivity index is 1.83. The van der Waals surface area contributed by atoms with E-state index in [1.807, 2.05) is 11.3 Å². The zero-order chi connectivity index (χ0) is 13.5. The number of fused-ring (bicyclic) bond motifs is 3. The van der Waals surface area contributed by atoms with Crippen LogP contribution in [-0.2, 0) is 12.8 Å². The van der Waals surface area contributed by atoms with E-state index in [0.717, 1.165) is 22.8 Å². The maximum atomic E-state index is 4.47. The van der Waals surface area contributed by atoms with E-state index in [9.17, 15) is 0 Å². The van der Waals surface area contributed by atoms with E-state index in [1.54, 1.807) is 6.33 Å². The molecule has 1 aliphatic rings. The average Bonchev–Trinajstić information content (AvgIpc) is 2.99.